The summed E-state index contributed by atoms with van der Waals surface area (Å²) in [6.45, 7) is 0. The van der Waals surface area contributed by atoms with Crippen molar-refractivity contribution in [2.75, 3.05) is 14.2 Å². The molecular weight excluding hydrogens is 244 g/mol. The van der Waals surface area contributed by atoms with E-state index in [2.05, 4.69) is 0 Å². The summed E-state index contributed by atoms with van der Waals surface area (Å²) < 4.78 is 9.87. The minimum Gasteiger partial charge on any atom is -0.493 e. The molecule has 0 unspecified atom stereocenters. The first-order valence-electron chi connectivity index (χ1n) is 4.91. The summed E-state index contributed by atoms with van der Waals surface area (Å²) in [4.78, 5) is 11.8. The Kier molecular flexibility index (Phi) is 2.85. The summed E-state index contributed by atoms with van der Waals surface area (Å²) in [6, 6.07) is 6.35. The highest BCUT2D eigenvalue weighted by atomic mass is 35.5. The molecule has 4 nitrogen and oxygen atoms in total. The van der Waals surface area contributed by atoms with Gasteiger partial charge in [-0.3, -0.25) is 4.79 Å². The molecule has 0 spiro atoms. The first kappa shape index (κ1) is 12.0. The number of benzene rings is 1. The quantitative estimate of drug-likeness (QED) is 0.891. The number of hydrogen-bond donors (Lipinski definition) is 1. The van der Waals surface area contributed by atoms with E-state index in [0.29, 0.717) is 10.6 Å². The van der Waals surface area contributed by atoms with Crippen LogP contribution in [-0.2, 0) is 19.9 Å². The van der Waals surface area contributed by atoms with Gasteiger partial charge in [0, 0.05) is 5.02 Å². The topological polar surface area (TPSA) is 55.8 Å². The molecule has 90 valence electrons. The molecule has 0 saturated heterocycles. The number of rotatable bonds is 3. The van der Waals surface area contributed by atoms with Gasteiger partial charge in [-0.25, -0.2) is 0 Å². The molecule has 0 saturated carbocycles. The Hall–Kier alpha value is -1.52. The minimum absolute atomic E-state index is 0.0462. The number of ketones is 1. The Labute approximate surface area is 103 Å². The number of carbonyl (C=O) groups is 1. The normalized spacial score (nSPS) is 23.4. The van der Waals surface area contributed by atoms with Crippen LogP contribution in [0.3, 0.4) is 0 Å². The highest BCUT2D eigenvalue weighted by molar-refractivity contribution is 6.30. The lowest BCUT2D eigenvalue weighted by Gasteiger charge is -2.37. The first-order chi connectivity index (χ1) is 8.05. The number of hydrogen-bond acceptors (Lipinski definition) is 4. The van der Waals surface area contributed by atoms with Crippen molar-refractivity contribution in [1.29, 1.82) is 0 Å². The van der Waals surface area contributed by atoms with Crippen molar-refractivity contribution in [3.05, 3.63) is 46.4 Å². The third-order valence-electron chi connectivity index (χ3n) is 2.74. The standard InChI is InChI=1S/C12H11ClO4/c1-16-9-10(14)12(15,11(9)17-2)7-3-5-8(13)6-4-7/h3-6,15H,1-2H3/t12-/m1/s1. The maximum Gasteiger partial charge on any atom is 0.245 e. The molecule has 0 radical (unpaired) electrons. The molecule has 1 aromatic carbocycles. The van der Waals surface area contributed by atoms with Gasteiger partial charge < -0.3 is 14.6 Å². The minimum atomic E-state index is -1.76. The predicted molar refractivity (Wildman–Crippen MR) is 61.4 cm³/mol. The molecule has 1 aliphatic carbocycles. The van der Waals surface area contributed by atoms with E-state index in [1.165, 1.54) is 14.2 Å². The molecule has 1 aromatic rings. The first-order valence-corrected chi connectivity index (χ1v) is 5.29. The molecule has 0 heterocycles. The SMILES string of the molecule is COC1=C(OC)[C@@](O)(c2ccc(Cl)cc2)C1=O. The van der Waals surface area contributed by atoms with Crippen molar-refractivity contribution in [3.8, 4) is 0 Å². The number of carbonyl (C=O) groups excluding carboxylic acids is 1. The van der Waals surface area contributed by atoms with Crippen LogP contribution < -0.4 is 0 Å². The van der Waals surface area contributed by atoms with Gasteiger partial charge in [0.15, 0.2) is 5.76 Å². The molecule has 0 aromatic heterocycles. The summed E-state index contributed by atoms with van der Waals surface area (Å²) in [5, 5.41) is 10.9. The van der Waals surface area contributed by atoms with E-state index in [1.807, 2.05) is 0 Å². The van der Waals surface area contributed by atoms with Crippen molar-refractivity contribution in [3.63, 3.8) is 0 Å². The number of ether oxygens (including phenoxy) is 2. The number of methoxy groups -OCH3 is 2. The number of aliphatic hydroxyl groups is 1. The smallest absolute Gasteiger partial charge is 0.245 e. The molecule has 1 atom stereocenters. The van der Waals surface area contributed by atoms with Crippen LogP contribution in [0, 0.1) is 0 Å². The maximum atomic E-state index is 11.8. The summed E-state index contributed by atoms with van der Waals surface area (Å²) >= 11 is 5.75. The van der Waals surface area contributed by atoms with Crippen molar-refractivity contribution in [2.24, 2.45) is 0 Å². The molecule has 1 N–H and O–H groups in total. The molecule has 0 fully saturated rings. The van der Waals surface area contributed by atoms with Crippen molar-refractivity contribution >= 4 is 17.4 Å². The van der Waals surface area contributed by atoms with E-state index in [4.69, 9.17) is 21.1 Å². The van der Waals surface area contributed by atoms with Crippen molar-refractivity contribution < 1.29 is 19.4 Å². The fourth-order valence-corrected chi connectivity index (χ4v) is 1.98. The van der Waals surface area contributed by atoms with Gasteiger partial charge in [-0.2, -0.15) is 0 Å². The van der Waals surface area contributed by atoms with Crippen LogP contribution in [0.1, 0.15) is 5.56 Å². The van der Waals surface area contributed by atoms with E-state index in [-0.39, 0.29) is 11.5 Å². The van der Waals surface area contributed by atoms with E-state index in [1.54, 1.807) is 24.3 Å². The monoisotopic (exact) mass is 254 g/mol. The molecule has 5 heteroatoms. The molecule has 2 rings (SSSR count). The van der Waals surface area contributed by atoms with E-state index in [0.717, 1.165) is 0 Å². The van der Waals surface area contributed by atoms with Gasteiger partial charge in [0.1, 0.15) is 0 Å². The highest BCUT2D eigenvalue weighted by Gasteiger charge is 2.57. The van der Waals surface area contributed by atoms with Crippen LogP contribution in [0.15, 0.2) is 35.8 Å². The zero-order valence-electron chi connectivity index (χ0n) is 9.36. The largest absolute Gasteiger partial charge is 0.493 e. The third-order valence-corrected chi connectivity index (χ3v) is 2.99. The third kappa shape index (κ3) is 1.52. The highest BCUT2D eigenvalue weighted by Crippen LogP contribution is 2.43. The Morgan fingerprint density at radius 2 is 1.76 bits per heavy atom. The lowest BCUT2D eigenvalue weighted by Crippen LogP contribution is -2.49. The Bertz CT molecular complexity index is 492. The summed E-state index contributed by atoms with van der Waals surface area (Å²) in [6.07, 6.45) is 0. The summed E-state index contributed by atoms with van der Waals surface area (Å²) in [7, 11) is 2.73. The average Bonchev–Trinajstić information content (AvgIpc) is 2.34. The van der Waals surface area contributed by atoms with Gasteiger partial charge in [0.05, 0.1) is 14.2 Å². The van der Waals surface area contributed by atoms with Gasteiger partial charge in [-0.15, -0.1) is 0 Å². The fraction of sp³-hybridized carbons (Fsp3) is 0.250. The van der Waals surface area contributed by atoms with Crippen LogP contribution in [-0.4, -0.2) is 25.1 Å². The van der Waals surface area contributed by atoms with E-state index >= 15 is 0 Å². The molecule has 1 aliphatic rings. The lowest BCUT2D eigenvalue weighted by molar-refractivity contribution is -0.146. The van der Waals surface area contributed by atoms with Gasteiger partial charge in [-0.05, 0) is 17.7 Å². The Morgan fingerprint density at radius 1 is 1.18 bits per heavy atom. The predicted octanol–water partition coefficient (Wildman–Crippen LogP) is 1.61. The molecule has 0 aliphatic heterocycles. The van der Waals surface area contributed by atoms with Crippen LogP contribution >= 0.6 is 11.6 Å². The molecule has 0 bridgehead atoms. The second-order valence-corrected chi connectivity index (χ2v) is 4.05. The molecular formula is C12H11ClO4. The van der Waals surface area contributed by atoms with Gasteiger partial charge >= 0.3 is 0 Å². The Morgan fingerprint density at radius 3 is 2.24 bits per heavy atom. The number of halogens is 1. The Balaban J connectivity index is 2.49. The van der Waals surface area contributed by atoms with Gasteiger partial charge in [0.2, 0.25) is 17.1 Å². The van der Waals surface area contributed by atoms with Crippen LogP contribution in [0.4, 0.5) is 0 Å². The maximum absolute atomic E-state index is 11.8. The summed E-state index contributed by atoms with van der Waals surface area (Å²) in [5.74, 6) is -0.351. The zero-order chi connectivity index (χ0) is 12.6. The van der Waals surface area contributed by atoms with Gasteiger partial charge in [-0.1, -0.05) is 23.7 Å². The van der Waals surface area contributed by atoms with Gasteiger partial charge in [0.25, 0.3) is 0 Å². The second-order valence-electron chi connectivity index (χ2n) is 3.61. The van der Waals surface area contributed by atoms with Crippen molar-refractivity contribution in [2.45, 2.75) is 5.60 Å². The van der Waals surface area contributed by atoms with Crippen LogP contribution in [0.2, 0.25) is 5.02 Å². The summed E-state index contributed by atoms with van der Waals surface area (Å²) in [5.41, 5.74) is -1.35. The van der Waals surface area contributed by atoms with Crippen LogP contribution in [0.5, 0.6) is 0 Å². The average molecular weight is 255 g/mol. The van der Waals surface area contributed by atoms with Crippen molar-refractivity contribution in [1.82, 2.24) is 0 Å². The lowest BCUT2D eigenvalue weighted by atomic mass is 9.77. The van der Waals surface area contributed by atoms with E-state index < -0.39 is 11.4 Å². The van der Waals surface area contributed by atoms with Crippen LogP contribution in [0.25, 0.3) is 0 Å². The molecule has 17 heavy (non-hydrogen) atoms. The number of Topliss-reactive ketones (excluding diaryl/α,β-unsaturated/α-hetero) is 1. The second kappa shape index (κ2) is 4.05. The fourth-order valence-electron chi connectivity index (χ4n) is 1.85. The molecule has 0 amide bonds. The zero-order valence-corrected chi connectivity index (χ0v) is 10.1. The van der Waals surface area contributed by atoms with E-state index in [9.17, 15) is 9.90 Å².